The zero-order valence-corrected chi connectivity index (χ0v) is 4.76. The highest BCUT2D eigenvalue weighted by molar-refractivity contribution is 5.62. The van der Waals surface area contributed by atoms with Crippen LogP contribution in [0.2, 0.25) is 0 Å². The Bertz CT molecular complexity index is 61.1. The van der Waals surface area contributed by atoms with Gasteiger partial charge in [-0.3, -0.25) is 4.99 Å². The second kappa shape index (κ2) is 3.81. The third kappa shape index (κ3) is 3.46. The van der Waals surface area contributed by atoms with Crippen LogP contribution in [0.3, 0.4) is 0 Å². The number of hydrogen-bond donors (Lipinski definition) is 1. The maximum atomic E-state index is 8.71. The smallest absolute Gasteiger partial charge is 0.0884 e. The van der Waals surface area contributed by atoms with Crippen LogP contribution < -0.4 is 0 Å². The summed E-state index contributed by atoms with van der Waals surface area (Å²) in [6.07, 6.45) is 1.93. The Labute approximate surface area is 43.9 Å². The highest BCUT2D eigenvalue weighted by atomic mass is 16.3. The van der Waals surface area contributed by atoms with Crippen LogP contribution in [0.15, 0.2) is 4.99 Å². The van der Waals surface area contributed by atoms with E-state index in [9.17, 15) is 0 Å². The van der Waals surface area contributed by atoms with Gasteiger partial charge in [-0.2, -0.15) is 0 Å². The summed E-state index contributed by atoms with van der Waals surface area (Å²) < 4.78 is 0. The SMILES string of the molecule is CCC(O)C=NC. The molecule has 0 aromatic heterocycles. The maximum Gasteiger partial charge on any atom is 0.0884 e. The van der Waals surface area contributed by atoms with Gasteiger partial charge in [0.25, 0.3) is 0 Å². The Morgan fingerprint density at radius 3 is 2.57 bits per heavy atom. The largest absolute Gasteiger partial charge is 0.387 e. The Hall–Kier alpha value is -0.370. The van der Waals surface area contributed by atoms with Crippen LogP contribution >= 0.6 is 0 Å². The Morgan fingerprint density at radius 1 is 1.86 bits per heavy atom. The normalized spacial score (nSPS) is 15.3. The number of aliphatic imine (C=N–C) groups is 1. The molecule has 1 unspecified atom stereocenters. The molecule has 0 heterocycles. The van der Waals surface area contributed by atoms with Gasteiger partial charge in [0.15, 0.2) is 0 Å². The second-order valence-corrected chi connectivity index (χ2v) is 1.38. The first-order valence-electron chi connectivity index (χ1n) is 2.41. The van der Waals surface area contributed by atoms with E-state index < -0.39 is 0 Å². The minimum Gasteiger partial charge on any atom is -0.387 e. The molecule has 0 rings (SSSR count). The lowest BCUT2D eigenvalue weighted by molar-refractivity contribution is 0.242. The van der Waals surface area contributed by atoms with E-state index in [0.717, 1.165) is 6.42 Å². The monoisotopic (exact) mass is 101 g/mol. The van der Waals surface area contributed by atoms with Crippen molar-refractivity contribution in [3.8, 4) is 0 Å². The number of aliphatic hydroxyl groups is 1. The zero-order chi connectivity index (χ0) is 5.70. The predicted molar refractivity (Wildman–Crippen MR) is 30.7 cm³/mol. The Morgan fingerprint density at radius 2 is 2.43 bits per heavy atom. The van der Waals surface area contributed by atoms with Gasteiger partial charge >= 0.3 is 0 Å². The van der Waals surface area contributed by atoms with Crippen LogP contribution in [0, 0.1) is 0 Å². The number of rotatable bonds is 2. The van der Waals surface area contributed by atoms with Crippen LogP contribution in [0.25, 0.3) is 0 Å². The molecule has 0 aliphatic heterocycles. The number of nitrogens with zero attached hydrogens (tertiary/aromatic N) is 1. The fourth-order valence-electron chi connectivity index (χ4n) is 0.277. The van der Waals surface area contributed by atoms with Crippen molar-refractivity contribution in [2.75, 3.05) is 7.05 Å². The van der Waals surface area contributed by atoms with E-state index >= 15 is 0 Å². The van der Waals surface area contributed by atoms with E-state index in [-0.39, 0.29) is 6.10 Å². The minimum atomic E-state index is -0.343. The van der Waals surface area contributed by atoms with E-state index in [0.29, 0.717) is 0 Å². The van der Waals surface area contributed by atoms with Crippen LogP contribution in [-0.2, 0) is 0 Å². The fourth-order valence-corrected chi connectivity index (χ4v) is 0.277. The minimum absolute atomic E-state index is 0.343. The first-order valence-corrected chi connectivity index (χ1v) is 2.41. The number of aliphatic hydroxyl groups excluding tert-OH is 1. The molecule has 0 aliphatic carbocycles. The summed E-state index contributed by atoms with van der Waals surface area (Å²) in [6, 6.07) is 0. The summed E-state index contributed by atoms with van der Waals surface area (Å²) in [4.78, 5) is 3.63. The molecule has 0 spiro atoms. The summed E-state index contributed by atoms with van der Waals surface area (Å²) in [5.41, 5.74) is 0. The van der Waals surface area contributed by atoms with E-state index in [1.165, 1.54) is 6.21 Å². The highest BCUT2D eigenvalue weighted by Gasteiger charge is 1.89. The van der Waals surface area contributed by atoms with Gasteiger partial charge in [-0.1, -0.05) is 6.92 Å². The number of hydrogen-bond acceptors (Lipinski definition) is 2. The Kier molecular flexibility index (Phi) is 3.61. The molecule has 0 saturated carbocycles. The second-order valence-electron chi connectivity index (χ2n) is 1.38. The molecule has 1 N–H and O–H groups in total. The van der Waals surface area contributed by atoms with Crippen molar-refractivity contribution < 1.29 is 5.11 Å². The van der Waals surface area contributed by atoms with Crippen LogP contribution in [0.1, 0.15) is 13.3 Å². The van der Waals surface area contributed by atoms with Crippen LogP contribution in [0.4, 0.5) is 0 Å². The van der Waals surface area contributed by atoms with Gasteiger partial charge < -0.3 is 5.11 Å². The molecule has 42 valence electrons. The van der Waals surface area contributed by atoms with Gasteiger partial charge in [-0.15, -0.1) is 0 Å². The third-order valence-corrected chi connectivity index (χ3v) is 0.739. The molecule has 7 heavy (non-hydrogen) atoms. The van der Waals surface area contributed by atoms with E-state index in [4.69, 9.17) is 5.11 Å². The summed E-state index contributed by atoms with van der Waals surface area (Å²) in [6.45, 7) is 1.91. The third-order valence-electron chi connectivity index (χ3n) is 0.739. The molecule has 0 saturated heterocycles. The highest BCUT2D eigenvalue weighted by Crippen LogP contribution is 1.82. The summed E-state index contributed by atoms with van der Waals surface area (Å²) >= 11 is 0. The Balaban J connectivity index is 3.16. The molecular weight excluding hydrogens is 90.1 g/mol. The van der Waals surface area contributed by atoms with Gasteiger partial charge in [0.2, 0.25) is 0 Å². The van der Waals surface area contributed by atoms with E-state index in [1.807, 2.05) is 6.92 Å². The van der Waals surface area contributed by atoms with Gasteiger partial charge in [-0.25, -0.2) is 0 Å². The predicted octanol–water partition coefficient (Wildman–Crippen LogP) is 0.458. The maximum absolute atomic E-state index is 8.71. The molecule has 0 bridgehead atoms. The fraction of sp³-hybridized carbons (Fsp3) is 0.800. The van der Waals surface area contributed by atoms with Crippen molar-refractivity contribution in [1.82, 2.24) is 0 Å². The quantitative estimate of drug-likeness (QED) is 0.503. The van der Waals surface area contributed by atoms with Crippen molar-refractivity contribution in [2.24, 2.45) is 4.99 Å². The lowest BCUT2D eigenvalue weighted by Gasteiger charge is -1.94. The molecule has 2 nitrogen and oxygen atoms in total. The average molecular weight is 101 g/mol. The first-order chi connectivity index (χ1) is 3.31. The van der Waals surface area contributed by atoms with Crippen LogP contribution in [-0.4, -0.2) is 24.5 Å². The van der Waals surface area contributed by atoms with Crippen molar-refractivity contribution in [3.05, 3.63) is 0 Å². The van der Waals surface area contributed by atoms with Crippen molar-refractivity contribution in [1.29, 1.82) is 0 Å². The summed E-state index contributed by atoms with van der Waals surface area (Å²) in [7, 11) is 1.65. The van der Waals surface area contributed by atoms with Crippen LogP contribution in [0.5, 0.6) is 0 Å². The molecule has 0 fully saturated rings. The van der Waals surface area contributed by atoms with Crippen molar-refractivity contribution in [2.45, 2.75) is 19.4 Å². The molecule has 0 aromatic rings. The van der Waals surface area contributed by atoms with E-state index in [1.54, 1.807) is 7.05 Å². The molecule has 2 heteroatoms. The average Bonchev–Trinajstić information content (AvgIpc) is 1.68. The summed E-state index contributed by atoms with van der Waals surface area (Å²) in [5.74, 6) is 0. The van der Waals surface area contributed by atoms with Crippen molar-refractivity contribution >= 4 is 6.21 Å². The first kappa shape index (κ1) is 6.63. The van der Waals surface area contributed by atoms with E-state index in [2.05, 4.69) is 4.99 Å². The summed E-state index contributed by atoms with van der Waals surface area (Å²) in [5, 5.41) is 8.71. The topological polar surface area (TPSA) is 32.6 Å². The lowest BCUT2D eigenvalue weighted by Crippen LogP contribution is -2.04. The lowest BCUT2D eigenvalue weighted by atomic mass is 10.3. The van der Waals surface area contributed by atoms with Gasteiger partial charge in [0.05, 0.1) is 6.10 Å². The van der Waals surface area contributed by atoms with Gasteiger partial charge in [0.1, 0.15) is 0 Å². The van der Waals surface area contributed by atoms with Gasteiger partial charge in [0, 0.05) is 13.3 Å². The molecule has 0 aromatic carbocycles. The molecule has 0 radical (unpaired) electrons. The standard InChI is InChI=1S/C5H11NO/c1-3-5(7)4-6-2/h4-5,7H,3H2,1-2H3. The molecule has 0 amide bonds. The van der Waals surface area contributed by atoms with Crippen molar-refractivity contribution in [3.63, 3.8) is 0 Å². The molecular formula is C5H11NO. The molecule has 0 aliphatic rings. The van der Waals surface area contributed by atoms with Gasteiger partial charge in [-0.05, 0) is 6.42 Å². The molecule has 1 atom stereocenters. The zero-order valence-electron chi connectivity index (χ0n) is 4.76.